The quantitative estimate of drug-likeness (QED) is 0.647. The minimum atomic E-state index is 0.0561. The first-order valence-corrected chi connectivity index (χ1v) is 10.1. The van der Waals surface area contributed by atoms with E-state index in [1.54, 1.807) is 12.1 Å². The second kappa shape index (κ2) is 12.1. The van der Waals surface area contributed by atoms with E-state index in [2.05, 4.69) is 9.80 Å². The Labute approximate surface area is 166 Å². The molecule has 1 saturated heterocycles. The van der Waals surface area contributed by atoms with Crippen molar-refractivity contribution < 1.29 is 28.8 Å². The maximum atomic E-state index is 10.4. The molecule has 1 aromatic carbocycles. The summed E-state index contributed by atoms with van der Waals surface area (Å²) in [6, 6.07) is 5.35. The van der Waals surface area contributed by atoms with Crippen LogP contribution in [0.15, 0.2) is 18.2 Å². The number of para-hydroxylation sites is 1. The van der Waals surface area contributed by atoms with Crippen molar-refractivity contribution in [1.29, 1.82) is 0 Å². The van der Waals surface area contributed by atoms with Crippen LogP contribution in [0.25, 0.3) is 0 Å². The molecule has 1 N–H and O–H groups in total. The Bertz CT molecular complexity index is 529. The fourth-order valence-electron chi connectivity index (χ4n) is 3.17. The number of benzene rings is 1. The van der Waals surface area contributed by atoms with Crippen LogP contribution in [0.3, 0.4) is 0 Å². The van der Waals surface area contributed by atoms with E-state index in [0.29, 0.717) is 64.4 Å². The highest BCUT2D eigenvalue weighted by Crippen LogP contribution is 2.35. The van der Waals surface area contributed by atoms with Gasteiger partial charge in [-0.05, 0) is 12.1 Å². The van der Waals surface area contributed by atoms with Gasteiger partial charge in [-0.15, -0.1) is 0 Å². The lowest BCUT2D eigenvalue weighted by atomic mass is 10.3. The predicted octanol–water partition coefficient (Wildman–Crippen LogP) is 0.831. The monoisotopic (exact) mass is 396 g/mol. The van der Waals surface area contributed by atoms with Gasteiger partial charge in [0, 0.05) is 39.3 Å². The largest absolute Gasteiger partial charge is 0.502 e. The first kappa shape index (κ1) is 21.1. The van der Waals surface area contributed by atoms with E-state index < -0.39 is 0 Å². The third-order valence-corrected chi connectivity index (χ3v) is 4.87. The first-order valence-electron chi connectivity index (χ1n) is 10.1. The molecule has 28 heavy (non-hydrogen) atoms. The van der Waals surface area contributed by atoms with Crippen LogP contribution in [0.2, 0.25) is 0 Å². The number of rotatable bonds is 0. The van der Waals surface area contributed by atoms with E-state index in [-0.39, 0.29) is 5.75 Å². The van der Waals surface area contributed by atoms with Crippen molar-refractivity contribution in [2.75, 3.05) is 92.1 Å². The first-order chi connectivity index (χ1) is 13.8. The van der Waals surface area contributed by atoms with Crippen molar-refractivity contribution in [2.45, 2.75) is 0 Å². The minimum Gasteiger partial charge on any atom is -0.502 e. The van der Waals surface area contributed by atoms with Crippen molar-refractivity contribution in [3.8, 4) is 17.2 Å². The predicted molar refractivity (Wildman–Crippen MR) is 104 cm³/mol. The molecule has 158 valence electrons. The smallest absolute Gasteiger partial charge is 0.200 e. The molecule has 1 fully saturated rings. The Kier molecular flexibility index (Phi) is 9.12. The van der Waals surface area contributed by atoms with Gasteiger partial charge in [-0.2, -0.15) is 0 Å². The summed E-state index contributed by atoms with van der Waals surface area (Å²) in [4.78, 5) is 4.50. The molecule has 0 radical (unpaired) electrons. The van der Waals surface area contributed by atoms with Crippen LogP contribution in [0.5, 0.6) is 17.2 Å². The van der Waals surface area contributed by atoms with E-state index in [9.17, 15) is 5.11 Å². The van der Waals surface area contributed by atoms with Crippen molar-refractivity contribution in [1.82, 2.24) is 9.80 Å². The molecule has 2 atom stereocenters. The molecular weight excluding hydrogens is 364 g/mol. The summed E-state index contributed by atoms with van der Waals surface area (Å²) in [5.41, 5.74) is 0. The Hall–Kier alpha value is -1.58. The van der Waals surface area contributed by atoms with E-state index >= 15 is 0 Å². The van der Waals surface area contributed by atoms with Crippen LogP contribution >= 0.6 is 0 Å². The molecule has 0 spiro atoms. The zero-order valence-electron chi connectivity index (χ0n) is 16.5. The van der Waals surface area contributed by atoms with Crippen molar-refractivity contribution >= 4 is 0 Å². The number of nitrogens with zero attached hydrogens (tertiary/aromatic N) is 2. The van der Waals surface area contributed by atoms with Crippen LogP contribution in [0.4, 0.5) is 0 Å². The molecule has 0 aliphatic carbocycles. The average Bonchev–Trinajstić information content (AvgIpc) is 2.70. The van der Waals surface area contributed by atoms with Crippen molar-refractivity contribution in [3.05, 3.63) is 18.2 Å². The normalized spacial score (nSPS) is 26.3. The summed E-state index contributed by atoms with van der Waals surface area (Å²) in [6.45, 7) is 9.44. The third kappa shape index (κ3) is 7.10. The van der Waals surface area contributed by atoms with Gasteiger partial charge in [0.1, 0.15) is 13.2 Å². The van der Waals surface area contributed by atoms with Gasteiger partial charge in [-0.3, -0.25) is 9.80 Å². The Morgan fingerprint density at radius 2 is 0.964 bits per heavy atom. The number of aromatic hydroxyl groups is 1. The van der Waals surface area contributed by atoms with Gasteiger partial charge in [0.15, 0.2) is 11.5 Å². The third-order valence-electron chi connectivity index (χ3n) is 4.87. The van der Waals surface area contributed by atoms with Gasteiger partial charge < -0.3 is 28.8 Å². The van der Waals surface area contributed by atoms with E-state index in [1.807, 2.05) is 6.07 Å². The number of hydrogen-bond donors (Lipinski definition) is 1. The highest BCUT2D eigenvalue weighted by molar-refractivity contribution is 5.49. The van der Waals surface area contributed by atoms with Crippen LogP contribution in [-0.2, 0) is 14.2 Å². The number of fused-ring (bicyclic) bond motifs is 8. The number of phenols is 1. The molecule has 4 bridgehead atoms. The van der Waals surface area contributed by atoms with Crippen LogP contribution in [0.1, 0.15) is 0 Å². The molecule has 0 aromatic heterocycles. The molecular formula is C20H32N2O6. The van der Waals surface area contributed by atoms with Gasteiger partial charge in [-0.25, -0.2) is 0 Å². The van der Waals surface area contributed by atoms with Gasteiger partial charge in [0.05, 0.1) is 39.6 Å². The Morgan fingerprint density at radius 1 is 0.571 bits per heavy atom. The topological polar surface area (TPSA) is 72.9 Å². The Morgan fingerprint density at radius 3 is 1.43 bits per heavy atom. The van der Waals surface area contributed by atoms with Crippen LogP contribution in [0, 0.1) is 0 Å². The molecule has 0 saturated carbocycles. The zero-order chi connectivity index (χ0) is 19.4. The molecule has 8 heteroatoms. The molecule has 1 aromatic rings. The standard InChI is InChI=1S/C20H32N2O6/c23-20-18-2-1-3-19(20)28-15-9-22-5-11-24-10-4-21(8-14-27-18)6-12-25-16-17-26-13-7-22/h1-3,23H,4-17H2. The summed E-state index contributed by atoms with van der Waals surface area (Å²) < 4.78 is 28.8. The second-order valence-corrected chi connectivity index (χ2v) is 6.82. The summed E-state index contributed by atoms with van der Waals surface area (Å²) in [5, 5.41) is 10.4. The number of hydrogen-bond acceptors (Lipinski definition) is 8. The fourth-order valence-corrected chi connectivity index (χ4v) is 3.17. The highest BCUT2D eigenvalue weighted by Gasteiger charge is 2.13. The summed E-state index contributed by atoms with van der Waals surface area (Å²) in [5.74, 6) is 0.945. The molecule has 2 unspecified atom stereocenters. The lowest BCUT2D eigenvalue weighted by Gasteiger charge is -2.24. The number of phenolic OH excluding ortho intramolecular Hbond substituents is 1. The molecule has 2 aliphatic rings. The van der Waals surface area contributed by atoms with E-state index in [1.165, 1.54) is 0 Å². The zero-order valence-corrected chi connectivity index (χ0v) is 16.5. The molecule has 2 heterocycles. The minimum absolute atomic E-state index is 0.0561. The maximum Gasteiger partial charge on any atom is 0.200 e. The fraction of sp³-hybridized carbons (Fsp3) is 0.700. The molecule has 8 nitrogen and oxygen atoms in total. The van der Waals surface area contributed by atoms with E-state index in [4.69, 9.17) is 23.7 Å². The van der Waals surface area contributed by atoms with E-state index in [0.717, 1.165) is 39.3 Å². The summed E-state index contributed by atoms with van der Waals surface area (Å²) >= 11 is 0. The van der Waals surface area contributed by atoms with Gasteiger partial charge in [0.2, 0.25) is 5.75 Å². The number of ether oxygens (including phenoxy) is 5. The van der Waals surface area contributed by atoms with Crippen LogP contribution < -0.4 is 9.47 Å². The van der Waals surface area contributed by atoms with Crippen LogP contribution in [-0.4, -0.2) is 107 Å². The molecule has 0 amide bonds. The average molecular weight is 396 g/mol. The highest BCUT2D eigenvalue weighted by atomic mass is 16.5. The van der Waals surface area contributed by atoms with Gasteiger partial charge >= 0.3 is 0 Å². The SMILES string of the molecule is Oc1c2cccc1OCCN1CCOCCOCCN(CCOCC1)CCO2. The lowest BCUT2D eigenvalue weighted by Crippen LogP contribution is -2.36. The Balaban J connectivity index is 1.72. The summed E-state index contributed by atoms with van der Waals surface area (Å²) in [7, 11) is 0. The molecule has 3 rings (SSSR count). The lowest BCUT2D eigenvalue weighted by molar-refractivity contribution is 0.0306. The van der Waals surface area contributed by atoms with Crippen molar-refractivity contribution in [2.24, 2.45) is 0 Å². The maximum absolute atomic E-state index is 10.4. The summed E-state index contributed by atoms with van der Waals surface area (Å²) in [6.07, 6.45) is 0. The molecule has 2 aliphatic heterocycles. The van der Waals surface area contributed by atoms with Gasteiger partial charge in [0.25, 0.3) is 0 Å². The van der Waals surface area contributed by atoms with Gasteiger partial charge in [-0.1, -0.05) is 6.07 Å². The second-order valence-electron chi connectivity index (χ2n) is 6.82. The van der Waals surface area contributed by atoms with Crippen molar-refractivity contribution in [3.63, 3.8) is 0 Å².